The lowest BCUT2D eigenvalue weighted by Gasteiger charge is -2.29. The van der Waals surface area contributed by atoms with Crippen LogP contribution in [0.25, 0.3) is 0 Å². The zero-order chi connectivity index (χ0) is 13.0. The summed E-state index contributed by atoms with van der Waals surface area (Å²) in [5.74, 6) is -0.0764. The van der Waals surface area contributed by atoms with E-state index in [9.17, 15) is 4.79 Å². The van der Waals surface area contributed by atoms with Crippen molar-refractivity contribution in [2.45, 2.75) is 18.6 Å². The molecule has 0 aromatic heterocycles. The standard InChI is InChI=1S/C13H17ClN2O2.ClH/c1-15-13(17)12-7-16-11(8-18-12)6-9-2-4-10(14)5-3-9;/h2-5,11-12,16H,6-8H2,1H3,(H,15,17);1H/t11-,12+;/m0./s1. The predicted molar refractivity (Wildman–Crippen MR) is 78.0 cm³/mol. The maximum absolute atomic E-state index is 11.4. The van der Waals surface area contributed by atoms with E-state index in [2.05, 4.69) is 10.6 Å². The fourth-order valence-corrected chi connectivity index (χ4v) is 2.12. The van der Waals surface area contributed by atoms with Crippen molar-refractivity contribution in [3.8, 4) is 0 Å². The van der Waals surface area contributed by atoms with Crippen molar-refractivity contribution in [1.29, 1.82) is 0 Å². The van der Waals surface area contributed by atoms with Gasteiger partial charge in [0.1, 0.15) is 6.10 Å². The summed E-state index contributed by atoms with van der Waals surface area (Å²) in [6.45, 7) is 1.10. The van der Waals surface area contributed by atoms with Crippen LogP contribution in [-0.2, 0) is 16.0 Å². The smallest absolute Gasteiger partial charge is 0.250 e. The van der Waals surface area contributed by atoms with Gasteiger partial charge in [0, 0.05) is 24.7 Å². The van der Waals surface area contributed by atoms with Crippen molar-refractivity contribution in [2.24, 2.45) is 0 Å². The first kappa shape index (κ1) is 16.2. The van der Waals surface area contributed by atoms with Gasteiger partial charge < -0.3 is 15.4 Å². The molecule has 0 radical (unpaired) electrons. The normalized spacial score (nSPS) is 22.4. The van der Waals surface area contributed by atoms with Crippen molar-refractivity contribution in [3.63, 3.8) is 0 Å². The number of likely N-dealkylation sites (N-methyl/N-ethyl adjacent to an activating group) is 1. The molecular formula is C13H18Cl2N2O2. The maximum Gasteiger partial charge on any atom is 0.250 e. The van der Waals surface area contributed by atoms with Crippen LogP contribution >= 0.6 is 24.0 Å². The number of hydrogen-bond acceptors (Lipinski definition) is 3. The van der Waals surface area contributed by atoms with Gasteiger partial charge in [-0.2, -0.15) is 0 Å². The van der Waals surface area contributed by atoms with E-state index in [-0.39, 0.29) is 30.5 Å². The van der Waals surface area contributed by atoms with Crippen LogP contribution in [0, 0.1) is 0 Å². The van der Waals surface area contributed by atoms with Gasteiger partial charge in [0.2, 0.25) is 5.91 Å². The van der Waals surface area contributed by atoms with Gasteiger partial charge in [-0.15, -0.1) is 12.4 Å². The van der Waals surface area contributed by atoms with Crippen LogP contribution in [0.3, 0.4) is 0 Å². The summed E-state index contributed by atoms with van der Waals surface area (Å²) >= 11 is 5.84. The molecule has 2 atom stereocenters. The highest BCUT2D eigenvalue weighted by Crippen LogP contribution is 2.12. The molecule has 2 N–H and O–H groups in total. The zero-order valence-corrected chi connectivity index (χ0v) is 12.3. The molecule has 0 aliphatic carbocycles. The van der Waals surface area contributed by atoms with Crippen LogP contribution in [0.15, 0.2) is 24.3 Å². The van der Waals surface area contributed by atoms with Crippen LogP contribution in [0.1, 0.15) is 5.56 Å². The Morgan fingerprint density at radius 1 is 1.47 bits per heavy atom. The Bertz CT molecular complexity index is 404. The third-order valence-corrected chi connectivity index (χ3v) is 3.28. The minimum absolute atomic E-state index is 0. The van der Waals surface area contributed by atoms with E-state index in [0.717, 1.165) is 11.4 Å². The Kier molecular flexibility index (Phi) is 6.58. The molecule has 1 saturated heterocycles. The number of halogens is 2. The maximum atomic E-state index is 11.4. The van der Waals surface area contributed by atoms with Gasteiger partial charge >= 0.3 is 0 Å². The van der Waals surface area contributed by atoms with Crippen molar-refractivity contribution < 1.29 is 9.53 Å². The fourth-order valence-electron chi connectivity index (χ4n) is 1.99. The van der Waals surface area contributed by atoms with Crippen molar-refractivity contribution in [2.75, 3.05) is 20.2 Å². The summed E-state index contributed by atoms with van der Waals surface area (Å²) < 4.78 is 5.54. The lowest BCUT2D eigenvalue weighted by Crippen LogP contribution is -2.52. The molecular weight excluding hydrogens is 287 g/mol. The summed E-state index contributed by atoms with van der Waals surface area (Å²) in [5, 5.41) is 6.66. The summed E-state index contributed by atoms with van der Waals surface area (Å²) in [7, 11) is 1.62. The van der Waals surface area contributed by atoms with E-state index >= 15 is 0 Å². The first-order chi connectivity index (χ1) is 8.69. The van der Waals surface area contributed by atoms with E-state index in [0.29, 0.717) is 13.2 Å². The summed E-state index contributed by atoms with van der Waals surface area (Å²) in [6, 6.07) is 8.03. The van der Waals surface area contributed by atoms with Gasteiger partial charge in [-0.05, 0) is 24.1 Å². The lowest BCUT2D eigenvalue weighted by molar-refractivity contribution is -0.135. The molecule has 1 aromatic carbocycles. The predicted octanol–water partition coefficient (Wildman–Crippen LogP) is 1.41. The lowest BCUT2D eigenvalue weighted by atomic mass is 10.1. The summed E-state index contributed by atoms with van der Waals surface area (Å²) in [6.07, 6.45) is 0.494. The van der Waals surface area contributed by atoms with Crippen LogP contribution < -0.4 is 10.6 Å². The molecule has 1 aromatic rings. The number of carbonyl (C=O) groups excluding carboxylic acids is 1. The summed E-state index contributed by atoms with van der Waals surface area (Å²) in [5.41, 5.74) is 1.21. The Morgan fingerprint density at radius 3 is 2.68 bits per heavy atom. The number of benzene rings is 1. The minimum atomic E-state index is -0.378. The van der Waals surface area contributed by atoms with Crippen molar-refractivity contribution >= 4 is 29.9 Å². The first-order valence-corrected chi connectivity index (χ1v) is 6.38. The minimum Gasteiger partial charge on any atom is -0.365 e. The second-order valence-electron chi connectivity index (χ2n) is 4.37. The van der Waals surface area contributed by atoms with Crippen LogP contribution in [0.4, 0.5) is 0 Å². The van der Waals surface area contributed by atoms with Crippen LogP contribution in [-0.4, -0.2) is 38.3 Å². The average Bonchev–Trinajstić information content (AvgIpc) is 2.41. The molecule has 6 heteroatoms. The first-order valence-electron chi connectivity index (χ1n) is 6.00. The van der Waals surface area contributed by atoms with Gasteiger partial charge in [0.25, 0.3) is 0 Å². The van der Waals surface area contributed by atoms with Crippen LogP contribution in [0.2, 0.25) is 5.02 Å². The quantitative estimate of drug-likeness (QED) is 0.888. The molecule has 0 unspecified atom stereocenters. The number of amides is 1. The van der Waals surface area contributed by atoms with E-state index in [1.165, 1.54) is 5.56 Å². The molecule has 2 rings (SSSR count). The topological polar surface area (TPSA) is 50.4 Å². The molecule has 0 bridgehead atoms. The second kappa shape index (κ2) is 7.70. The van der Waals surface area contributed by atoms with Gasteiger partial charge in [-0.1, -0.05) is 23.7 Å². The number of ether oxygens (including phenoxy) is 1. The number of carbonyl (C=O) groups is 1. The molecule has 106 valence electrons. The molecule has 0 saturated carbocycles. The highest BCUT2D eigenvalue weighted by molar-refractivity contribution is 6.30. The van der Waals surface area contributed by atoms with E-state index in [1.54, 1.807) is 7.05 Å². The third-order valence-electron chi connectivity index (χ3n) is 3.02. The van der Waals surface area contributed by atoms with Crippen LogP contribution in [0.5, 0.6) is 0 Å². The number of hydrogen-bond donors (Lipinski definition) is 2. The van der Waals surface area contributed by atoms with E-state index in [1.807, 2.05) is 24.3 Å². The Balaban J connectivity index is 0.00000180. The molecule has 19 heavy (non-hydrogen) atoms. The molecule has 1 heterocycles. The van der Waals surface area contributed by atoms with Gasteiger partial charge in [-0.25, -0.2) is 0 Å². The third kappa shape index (κ3) is 4.66. The number of rotatable bonds is 3. The Labute approximate surface area is 124 Å². The molecule has 1 aliphatic heterocycles. The largest absolute Gasteiger partial charge is 0.365 e. The monoisotopic (exact) mass is 304 g/mol. The number of nitrogens with one attached hydrogen (secondary N) is 2. The average molecular weight is 305 g/mol. The Morgan fingerprint density at radius 2 is 2.16 bits per heavy atom. The SMILES string of the molecule is CNC(=O)[C@H]1CN[C@@H](Cc2ccc(Cl)cc2)CO1.Cl. The molecule has 1 fully saturated rings. The van der Waals surface area contributed by atoms with Crippen molar-refractivity contribution in [1.82, 2.24) is 10.6 Å². The highest BCUT2D eigenvalue weighted by Gasteiger charge is 2.25. The summed E-state index contributed by atoms with van der Waals surface area (Å²) in [4.78, 5) is 11.4. The molecule has 4 nitrogen and oxygen atoms in total. The van der Waals surface area contributed by atoms with E-state index in [4.69, 9.17) is 16.3 Å². The highest BCUT2D eigenvalue weighted by atomic mass is 35.5. The fraction of sp³-hybridized carbons (Fsp3) is 0.462. The zero-order valence-electron chi connectivity index (χ0n) is 10.7. The Hall–Kier alpha value is -0.810. The van der Waals surface area contributed by atoms with Gasteiger partial charge in [0.05, 0.1) is 6.61 Å². The molecule has 0 spiro atoms. The van der Waals surface area contributed by atoms with Gasteiger partial charge in [0.15, 0.2) is 0 Å². The van der Waals surface area contributed by atoms with Crippen molar-refractivity contribution in [3.05, 3.63) is 34.9 Å². The molecule has 1 aliphatic rings. The van der Waals surface area contributed by atoms with E-state index < -0.39 is 0 Å². The molecule has 1 amide bonds. The van der Waals surface area contributed by atoms with Gasteiger partial charge in [-0.3, -0.25) is 4.79 Å². The number of morpholine rings is 1. The second-order valence-corrected chi connectivity index (χ2v) is 4.81.